The predicted molar refractivity (Wildman–Crippen MR) is 77.0 cm³/mol. The maximum absolute atomic E-state index is 11.9. The summed E-state index contributed by atoms with van der Waals surface area (Å²) in [6.45, 7) is 0. The number of hydrogen-bond acceptors (Lipinski definition) is 3. The molecule has 1 aromatic rings. The molecule has 1 aliphatic heterocycles. The fourth-order valence-electron chi connectivity index (χ4n) is 2.12. The summed E-state index contributed by atoms with van der Waals surface area (Å²) >= 11 is 1.55. The molecule has 0 unspecified atom stereocenters. The Labute approximate surface area is 117 Å². The zero-order valence-corrected chi connectivity index (χ0v) is 11.7. The largest absolute Gasteiger partial charge is 0.342 e. The van der Waals surface area contributed by atoms with Crippen molar-refractivity contribution in [1.29, 1.82) is 0 Å². The monoisotopic (exact) mass is 278 g/mol. The third-order valence-corrected chi connectivity index (χ3v) is 3.83. The van der Waals surface area contributed by atoms with Gasteiger partial charge in [-0.3, -0.25) is 9.59 Å². The molecule has 1 aromatic carbocycles. The summed E-state index contributed by atoms with van der Waals surface area (Å²) in [7, 11) is 0. The van der Waals surface area contributed by atoms with Crippen LogP contribution in [-0.4, -0.2) is 35.9 Å². The number of hydrogen-bond donors (Lipinski definition) is 2. The van der Waals surface area contributed by atoms with Crippen molar-refractivity contribution < 1.29 is 9.59 Å². The van der Waals surface area contributed by atoms with Crippen molar-refractivity contribution in [1.82, 2.24) is 10.6 Å². The number of piperazine rings is 1. The van der Waals surface area contributed by atoms with Crippen LogP contribution in [0.3, 0.4) is 0 Å². The number of aryl methyl sites for hydroxylation is 1. The molecule has 0 aromatic heterocycles. The molecule has 2 amide bonds. The van der Waals surface area contributed by atoms with E-state index in [1.165, 1.54) is 5.56 Å². The summed E-state index contributed by atoms with van der Waals surface area (Å²) in [6.07, 6.45) is 3.33. The van der Waals surface area contributed by atoms with Gasteiger partial charge in [-0.2, -0.15) is 11.8 Å². The minimum absolute atomic E-state index is 0.0745. The van der Waals surface area contributed by atoms with E-state index in [1.807, 2.05) is 36.6 Å². The van der Waals surface area contributed by atoms with Gasteiger partial charge in [0.25, 0.3) is 0 Å². The van der Waals surface area contributed by atoms with Crippen molar-refractivity contribution in [2.45, 2.75) is 24.9 Å². The summed E-state index contributed by atoms with van der Waals surface area (Å²) in [5, 5.41) is 5.59. The van der Waals surface area contributed by atoms with Crippen molar-refractivity contribution >= 4 is 23.6 Å². The quantitative estimate of drug-likeness (QED) is 0.843. The Morgan fingerprint density at radius 3 is 2.37 bits per heavy atom. The van der Waals surface area contributed by atoms with Gasteiger partial charge in [0.1, 0.15) is 12.1 Å². The Bertz CT molecular complexity index is 450. The number of benzene rings is 1. The van der Waals surface area contributed by atoms with Crippen LogP contribution in [0.5, 0.6) is 0 Å². The van der Waals surface area contributed by atoms with E-state index in [9.17, 15) is 9.59 Å². The standard InChI is InChI=1S/C14H18N2O2S/c1-19-9-12-14(18)15-11(13(17)16-12)8-7-10-5-3-2-4-6-10/h2-6,11-12H,7-9H2,1H3,(H,15,18)(H,16,17)/t11-,12+/m0/s1. The van der Waals surface area contributed by atoms with Crippen LogP contribution in [-0.2, 0) is 16.0 Å². The number of nitrogens with one attached hydrogen (secondary N) is 2. The zero-order chi connectivity index (χ0) is 13.7. The first kappa shape index (κ1) is 13.9. The zero-order valence-electron chi connectivity index (χ0n) is 10.9. The molecule has 0 radical (unpaired) electrons. The minimum Gasteiger partial charge on any atom is -0.342 e. The van der Waals surface area contributed by atoms with E-state index in [4.69, 9.17) is 0 Å². The van der Waals surface area contributed by atoms with Crippen molar-refractivity contribution in [3.8, 4) is 0 Å². The predicted octanol–water partition coefficient (Wildman–Crippen LogP) is 0.965. The second-order valence-corrected chi connectivity index (χ2v) is 5.51. The van der Waals surface area contributed by atoms with Gasteiger partial charge < -0.3 is 10.6 Å². The summed E-state index contributed by atoms with van der Waals surface area (Å²) < 4.78 is 0. The van der Waals surface area contributed by atoms with Gasteiger partial charge in [-0.1, -0.05) is 30.3 Å². The fraction of sp³-hybridized carbons (Fsp3) is 0.429. The second-order valence-electron chi connectivity index (χ2n) is 4.60. The van der Waals surface area contributed by atoms with Gasteiger partial charge in [0.2, 0.25) is 11.8 Å². The van der Waals surface area contributed by atoms with E-state index in [0.29, 0.717) is 12.2 Å². The molecule has 0 bridgehead atoms. The van der Waals surface area contributed by atoms with Gasteiger partial charge in [-0.05, 0) is 24.7 Å². The van der Waals surface area contributed by atoms with E-state index in [1.54, 1.807) is 11.8 Å². The lowest BCUT2D eigenvalue weighted by Gasteiger charge is -2.29. The third-order valence-electron chi connectivity index (χ3n) is 3.16. The molecular weight excluding hydrogens is 260 g/mol. The summed E-state index contributed by atoms with van der Waals surface area (Å²) in [5.41, 5.74) is 1.18. The molecule has 0 aliphatic carbocycles. The van der Waals surface area contributed by atoms with Crippen molar-refractivity contribution in [2.75, 3.05) is 12.0 Å². The normalized spacial score (nSPS) is 22.8. The number of amides is 2. The number of rotatable bonds is 5. The van der Waals surface area contributed by atoms with Crippen LogP contribution in [0.25, 0.3) is 0 Å². The molecule has 19 heavy (non-hydrogen) atoms. The molecule has 5 heteroatoms. The van der Waals surface area contributed by atoms with Crippen molar-refractivity contribution in [3.63, 3.8) is 0 Å². The van der Waals surface area contributed by atoms with Crippen LogP contribution >= 0.6 is 11.8 Å². The molecule has 2 N–H and O–H groups in total. The number of thioether (sulfide) groups is 1. The Hall–Kier alpha value is -1.49. The van der Waals surface area contributed by atoms with Crippen LogP contribution in [0.4, 0.5) is 0 Å². The average molecular weight is 278 g/mol. The summed E-state index contributed by atoms with van der Waals surface area (Å²) in [4.78, 5) is 23.7. The average Bonchev–Trinajstić information content (AvgIpc) is 2.42. The minimum atomic E-state index is -0.411. The molecule has 2 rings (SSSR count). The van der Waals surface area contributed by atoms with E-state index < -0.39 is 12.1 Å². The van der Waals surface area contributed by atoms with E-state index in [-0.39, 0.29) is 11.8 Å². The second kappa shape index (κ2) is 6.61. The number of carbonyl (C=O) groups excluding carboxylic acids is 2. The number of carbonyl (C=O) groups is 2. The molecule has 1 aliphatic rings. The first-order chi connectivity index (χ1) is 9.20. The first-order valence-electron chi connectivity index (χ1n) is 6.34. The highest BCUT2D eigenvalue weighted by Gasteiger charge is 2.32. The van der Waals surface area contributed by atoms with Gasteiger partial charge in [0.15, 0.2) is 0 Å². The molecule has 102 valence electrons. The van der Waals surface area contributed by atoms with E-state index in [2.05, 4.69) is 10.6 Å². The van der Waals surface area contributed by atoms with Gasteiger partial charge in [0.05, 0.1) is 0 Å². The maximum atomic E-state index is 11.9. The molecule has 0 saturated carbocycles. The van der Waals surface area contributed by atoms with Crippen LogP contribution in [0.2, 0.25) is 0 Å². The Balaban J connectivity index is 1.88. The fourth-order valence-corrected chi connectivity index (χ4v) is 2.69. The summed E-state index contributed by atoms with van der Waals surface area (Å²) in [5.74, 6) is 0.463. The van der Waals surface area contributed by atoms with Crippen molar-refractivity contribution in [3.05, 3.63) is 35.9 Å². The van der Waals surface area contributed by atoms with Gasteiger partial charge in [-0.25, -0.2) is 0 Å². The molecule has 1 fully saturated rings. The third kappa shape index (κ3) is 3.73. The van der Waals surface area contributed by atoms with E-state index in [0.717, 1.165) is 6.42 Å². The maximum Gasteiger partial charge on any atom is 0.244 e. The lowest BCUT2D eigenvalue weighted by atomic mass is 10.0. The van der Waals surface area contributed by atoms with Crippen LogP contribution < -0.4 is 10.6 Å². The topological polar surface area (TPSA) is 58.2 Å². The van der Waals surface area contributed by atoms with Gasteiger partial charge in [-0.15, -0.1) is 0 Å². The Kier molecular flexibility index (Phi) is 4.85. The molecule has 1 saturated heterocycles. The van der Waals surface area contributed by atoms with Gasteiger partial charge in [0, 0.05) is 5.75 Å². The highest BCUT2D eigenvalue weighted by Crippen LogP contribution is 2.09. The molecular formula is C14H18N2O2S. The van der Waals surface area contributed by atoms with Crippen molar-refractivity contribution in [2.24, 2.45) is 0 Å². The first-order valence-corrected chi connectivity index (χ1v) is 7.73. The van der Waals surface area contributed by atoms with E-state index >= 15 is 0 Å². The molecule has 4 nitrogen and oxygen atoms in total. The van der Waals surface area contributed by atoms with Crippen LogP contribution in [0, 0.1) is 0 Å². The Morgan fingerprint density at radius 2 is 1.68 bits per heavy atom. The lowest BCUT2D eigenvalue weighted by molar-refractivity contribution is -0.136. The molecule has 0 spiro atoms. The Morgan fingerprint density at radius 1 is 1.05 bits per heavy atom. The highest BCUT2D eigenvalue weighted by molar-refractivity contribution is 7.98. The van der Waals surface area contributed by atoms with Crippen LogP contribution in [0.1, 0.15) is 12.0 Å². The molecule has 1 heterocycles. The SMILES string of the molecule is CSC[C@H]1NC(=O)[C@H](CCc2ccccc2)NC1=O. The van der Waals surface area contributed by atoms with Crippen LogP contribution in [0.15, 0.2) is 30.3 Å². The molecule has 2 atom stereocenters. The lowest BCUT2D eigenvalue weighted by Crippen LogP contribution is -2.62. The summed E-state index contributed by atoms with van der Waals surface area (Å²) in [6, 6.07) is 9.16. The van der Waals surface area contributed by atoms with Gasteiger partial charge >= 0.3 is 0 Å². The smallest absolute Gasteiger partial charge is 0.244 e. The highest BCUT2D eigenvalue weighted by atomic mass is 32.2.